The van der Waals surface area contributed by atoms with Crippen LogP contribution in [0.3, 0.4) is 0 Å². The van der Waals surface area contributed by atoms with Crippen LogP contribution < -0.4 is 0 Å². The van der Waals surface area contributed by atoms with Crippen LogP contribution in [-0.4, -0.2) is 39.7 Å². The molecule has 1 saturated heterocycles. The van der Waals surface area contributed by atoms with Gasteiger partial charge in [-0.2, -0.15) is 0 Å². The fraction of sp³-hybridized carbons (Fsp3) is 1.00. The van der Waals surface area contributed by atoms with Crippen molar-refractivity contribution in [3.05, 3.63) is 0 Å². The zero-order chi connectivity index (χ0) is 8.48. The molecule has 0 atom stereocenters. The molecule has 0 bridgehead atoms. The van der Waals surface area contributed by atoms with Crippen molar-refractivity contribution >= 4 is 22.9 Å². The Balaban J connectivity index is 2.39. The van der Waals surface area contributed by atoms with Crippen LogP contribution in [0.5, 0.6) is 0 Å². The third-order valence-electron chi connectivity index (χ3n) is 2.17. The molecule has 0 aromatic rings. The SMILES string of the molecule is CC(C)(C)N1CCN(I)CC1. The van der Waals surface area contributed by atoms with Crippen molar-refractivity contribution < 1.29 is 0 Å². The lowest BCUT2D eigenvalue weighted by atomic mass is 10.1. The predicted octanol–water partition coefficient (Wildman–Crippen LogP) is 1.75. The fourth-order valence-electron chi connectivity index (χ4n) is 1.35. The van der Waals surface area contributed by atoms with Gasteiger partial charge in [0.05, 0.1) is 0 Å². The smallest absolute Gasteiger partial charge is 0.0210 e. The molecule has 1 aliphatic heterocycles. The molecule has 0 aromatic carbocycles. The minimum atomic E-state index is 0.359. The van der Waals surface area contributed by atoms with Gasteiger partial charge in [0.2, 0.25) is 0 Å². The molecule has 1 rings (SSSR count). The molecular formula is C8H17IN2. The van der Waals surface area contributed by atoms with Crippen LogP contribution >= 0.6 is 22.9 Å². The first-order valence-electron chi connectivity index (χ1n) is 4.16. The van der Waals surface area contributed by atoms with Gasteiger partial charge in [-0.15, -0.1) is 0 Å². The summed E-state index contributed by atoms with van der Waals surface area (Å²) >= 11 is 2.40. The monoisotopic (exact) mass is 268 g/mol. The number of hydrogen-bond donors (Lipinski definition) is 0. The van der Waals surface area contributed by atoms with E-state index < -0.39 is 0 Å². The van der Waals surface area contributed by atoms with Crippen molar-refractivity contribution in [1.29, 1.82) is 0 Å². The van der Waals surface area contributed by atoms with Crippen LogP contribution in [0.4, 0.5) is 0 Å². The topological polar surface area (TPSA) is 6.48 Å². The maximum absolute atomic E-state index is 2.54. The Morgan fingerprint density at radius 2 is 1.45 bits per heavy atom. The van der Waals surface area contributed by atoms with Crippen molar-refractivity contribution in [2.75, 3.05) is 26.2 Å². The number of piperazine rings is 1. The highest BCUT2D eigenvalue weighted by atomic mass is 127. The summed E-state index contributed by atoms with van der Waals surface area (Å²) in [5.74, 6) is 0. The summed E-state index contributed by atoms with van der Waals surface area (Å²) in [6, 6.07) is 0. The molecule has 0 aromatic heterocycles. The Bertz CT molecular complexity index is 123. The van der Waals surface area contributed by atoms with Crippen molar-refractivity contribution in [1.82, 2.24) is 8.01 Å². The van der Waals surface area contributed by atoms with Gasteiger partial charge in [-0.05, 0) is 20.8 Å². The number of rotatable bonds is 0. The maximum atomic E-state index is 2.54. The molecule has 0 saturated carbocycles. The largest absolute Gasteiger partial charge is 0.296 e. The highest BCUT2D eigenvalue weighted by Gasteiger charge is 2.24. The maximum Gasteiger partial charge on any atom is 0.0210 e. The molecule has 0 aliphatic carbocycles. The molecular weight excluding hydrogens is 251 g/mol. The first-order chi connectivity index (χ1) is 5.00. The summed E-state index contributed by atoms with van der Waals surface area (Å²) in [5, 5.41) is 0. The number of hydrogen-bond acceptors (Lipinski definition) is 2. The first-order valence-corrected chi connectivity index (χ1v) is 5.12. The molecule has 0 N–H and O–H groups in total. The van der Waals surface area contributed by atoms with Gasteiger partial charge in [0.15, 0.2) is 0 Å². The summed E-state index contributed by atoms with van der Waals surface area (Å²) in [5.41, 5.74) is 0.359. The molecule has 66 valence electrons. The van der Waals surface area contributed by atoms with Gasteiger partial charge in [0.25, 0.3) is 0 Å². The van der Waals surface area contributed by atoms with Crippen LogP contribution in [0.2, 0.25) is 0 Å². The minimum absolute atomic E-state index is 0.359. The van der Waals surface area contributed by atoms with Crippen LogP contribution in [0.1, 0.15) is 20.8 Å². The van der Waals surface area contributed by atoms with Crippen LogP contribution in [0, 0.1) is 0 Å². The Morgan fingerprint density at radius 1 is 1.00 bits per heavy atom. The summed E-state index contributed by atoms with van der Waals surface area (Å²) in [6.45, 7) is 11.7. The predicted molar refractivity (Wildman–Crippen MR) is 56.9 cm³/mol. The zero-order valence-electron chi connectivity index (χ0n) is 7.60. The van der Waals surface area contributed by atoms with E-state index in [1.54, 1.807) is 0 Å². The third kappa shape index (κ3) is 2.87. The van der Waals surface area contributed by atoms with Crippen molar-refractivity contribution in [3.8, 4) is 0 Å². The molecule has 0 spiro atoms. The zero-order valence-corrected chi connectivity index (χ0v) is 9.76. The molecule has 2 nitrogen and oxygen atoms in total. The van der Waals surface area contributed by atoms with Gasteiger partial charge >= 0.3 is 0 Å². The standard InChI is InChI=1S/C8H17IN2/c1-8(2,3)10-4-6-11(9)7-5-10/h4-7H2,1-3H3. The van der Waals surface area contributed by atoms with Gasteiger partial charge in [-0.25, -0.2) is 3.11 Å². The fourth-order valence-corrected chi connectivity index (χ4v) is 1.78. The Labute approximate surface area is 83.4 Å². The van der Waals surface area contributed by atoms with Gasteiger partial charge in [0.1, 0.15) is 0 Å². The lowest BCUT2D eigenvalue weighted by Crippen LogP contribution is -2.51. The molecule has 0 amide bonds. The van der Waals surface area contributed by atoms with E-state index in [1.807, 2.05) is 0 Å². The lowest BCUT2D eigenvalue weighted by molar-refractivity contribution is 0.101. The molecule has 3 heteroatoms. The number of halogens is 1. The van der Waals surface area contributed by atoms with E-state index in [1.165, 1.54) is 26.2 Å². The van der Waals surface area contributed by atoms with Crippen LogP contribution in [0.15, 0.2) is 0 Å². The van der Waals surface area contributed by atoms with Gasteiger partial charge in [-0.1, -0.05) is 0 Å². The first kappa shape index (κ1) is 9.74. The van der Waals surface area contributed by atoms with E-state index in [9.17, 15) is 0 Å². The van der Waals surface area contributed by atoms with E-state index in [-0.39, 0.29) is 0 Å². The second kappa shape index (κ2) is 3.58. The molecule has 1 heterocycles. The van der Waals surface area contributed by atoms with Gasteiger partial charge < -0.3 is 0 Å². The van der Waals surface area contributed by atoms with Crippen molar-refractivity contribution in [2.45, 2.75) is 26.3 Å². The normalized spacial score (nSPS) is 24.0. The van der Waals surface area contributed by atoms with E-state index in [2.05, 4.69) is 51.6 Å². The van der Waals surface area contributed by atoms with Crippen LogP contribution in [-0.2, 0) is 0 Å². The van der Waals surface area contributed by atoms with Crippen molar-refractivity contribution in [2.24, 2.45) is 0 Å². The quantitative estimate of drug-likeness (QED) is 0.488. The highest BCUT2D eigenvalue weighted by Crippen LogP contribution is 2.16. The van der Waals surface area contributed by atoms with E-state index in [0.29, 0.717) is 5.54 Å². The summed E-state index contributed by atoms with van der Waals surface area (Å²) in [4.78, 5) is 2.54. The summed E-state index contributed by atoms with van der Waals surface area (Å²) < 4.78 is 2.36. The molecule has 1 fully saturated rings. The van der Waals surface area contributed by atoms with E-state index in [0.717, 1.165) is 0 Å². The van der Waals surface area contributed by atoms with Crippen LogP contribution in [0.25, 0.3) is 0 Å². The van der Waals surface area contributed by atoms with E-state index in [4.69, 9.17) is 0 Å². The number of nitrogens with zero attached hydrogens (tertiary/aromatic N) is 2. The lowest BCUT2D eigenvalue weighted by Gasteiger charge is -2.40. The van der Waals surface area contributed by atoms with E-state index >= 15 is 0 Å². The Morgan fingerprint density at radius 3 is 1.82 bits per heavy atom. The average Bonchev–Trinajstić information content (AvgIpc) is 1.86. The minimum Gasteiger partial charge on any atom is -0.296 e. The van der Waals surface area contributed by atoms with Crippen molar-refractivity contribution in [3.63, 3.8) is 0 Å². The molecule has 1 aliphatic rings. The molecule has 0 unspecified atom stereocenters. The van der Waals surface area contributed by atoms with Gasteiger partial charge in [-0.3, -0.25) is 4.90 Å². The average molecular weight is 268 g/mol. The summed E-state index contributed by atoms with van der Waals surface area (Å²) in [7, 11) is 0. The second-order valence-corrected chi connectivity index (χ2v) is 5.43. The van der Waals surface area contributed by atoms with Gasteiger partial charge in [0, 0.05) is 54.6 Å². The summed E-state index contributed by atoms with van der Waals surface area (Å²) in [6.07, 6.45) is 0. The third-order valence-corrected chi connectivity index (χ3v) is 3.14. The molecule has 11 heavy (non-hydrogen) atoms. The second-order valence-electron chi connectivity index (χ2n) is 4.07. The highest BCUT2D eigenvalue weighted by molar-refractivity contribution is 14.1. The Kier molecular flexibility index (Phi) is 3.17. The Hall–Kier alpha value is 0.650. The molecule has 0 radical (unpaired) electrons.